The Morgan fingerprint density at radius 2 is 1.83 bits per heavy atom. The van der Waals surface area contributed by atoms with Gasteiger partial charge in [-0.1, -0.05) is 36.4 Å². The Hall–Kier alpha value is -2.69. The molecule has 5 heteroatoms. The van der Waals surface area contributed by atoms with E-state index < -0.39 is 11.7 Å². The van der Waals surface area contributed by atoms with Crippen LogP contribution in [-0.2, 0) is 11.2 Å². The summed E-state index contributed by atoms with van der Waals surface area (Å²) in [6.07, 6.45) is 0.833. The lowest BCUT2D eigenvalue weighted by Gasteiger charge is -2.44. The second-order valence-corrected chi connectivity index (χ2v) is 6.22. The highest BCUT2D eigenvalue weighted by Gasteiger charge is 2.38. The Morgan fingerprint density at radius 1 is 1.08 bits per heavy atom. The van der Waals surface area contributed by atoms with Crippen molar-refractivity contribution in [1.29, 1.82) is 0 Å². The summed E-state index contributed by atoms with van der Waals surface area (Å²) in [7, 11) is 0. The summed E-state index contributed by atoms with van der Waals surface area (Å²) in [5, 5.41) is 0. The van der Waals surface area contributed by atoms with E-state index in [1.807, 2.05) is 23.1 Å². The minimum atomic E-state index is -0.554. The van der Waals surface area contributed by atoms with Crippen LogP contribution in [0.4, 0.5) is 4.39 Å². The molecular formula is C19H17FN2O2. The lowest BCUT2D eigenvalue weighted by atomic mass is 9.90. The van der Waals surface area contributed by atoms with Crippen molar-refractivity contribution in [2.45, 2.75) is 12.5 Å². The van der Waals surface area contributed by atoms with Gasteiger partial charge in [0.05, 0.1) is 11.6 Å². The molecule has 1 atom stereocenters. The fourth-order valence-corrected chi connectivity index (χ4v) is 3.63. The van der Waals surface area contributed by atoms with Crippen LogP contribution in [0.25, 0.3) is 0 Å². The Labute approximate surface area is 139 Å². The molecule has 0 N–H and O–H groups in total. The van der Waals surface area contributed by atoms with E-state index in [9.17, 15) is 14.0 Å². The van der Waals surface area contributed by atoms with Crippen LogP contribution in [-0.4, -0.2) is 41.2 Å². The normalized spacial score (nSPS) is 19.7. The van der Waals surface area contributed by atoms with Crippen molar-refractivity contribution < 1.29 is 14.0 Å². The predicted octanol–water partition coefficient (Wildman–Crippen LogP) is 2.41. The number of piperazine rings is 1. The Kier molecular flexibility index (Phi) is 3.56. The molecule has 122 valence electrons. The average molecular weight is 324 g/mol. The second-order valence-electron chi connectivity index (χ2n) is 6.22. The summed E-state index contributed by atoms with van der Waals surface area (Å²) < 4.78 is 13.9. The third-order valence-electron chi connectivity index (χ3n) is 4.84. The highest BCUT2D eigenvalue weighted by atomic mass is 19.1. The first kappa shape index (κ1) is 14.9. The van der Waals surface area contributed by atoms with Crippen LogP contribution < -0.4 is 0 Å². The van der Waals surface area contributed by atoms with Crippen molar-refractivity contribution in [2.75, 3.05) is 19.6 Å². The van der Waals surface area contributed by atoms with Crippen molar-refractivity contribution in [1.82, 2.24) is 9.80 Å². The SMILES string of the molecule is O=C(c1ccccc1F)N1CC(=O)N2CCc3ccccc3C2C1. The van der Waals surface area contributed by atoms with Gasteiger partial charge in [0.25, 0.3) is 5.91 Å². The molecule has 2 heterocycles. The van der Waals surface area contributed by atoms with E-state index in [4.69, 9.17) is 0 Å². The zero-order valence-corrected chi connectivity index (χ0v) is 13.1. The number of carbonyl (C=O) groups is 2. The number of hydrogen-bond acceptors (Lipinski definition) is 2. The van der Waals surface area contributed by atoms with Crippen molar-refractivity contribution in [2.24, 2.45) is 0 Å². The van der Waals surface area contributed by atoms with Crippen LogP contribution in [0.5, 0.6) is 0 Å². The summed E-state index contributed by atoms with van der Waals surface area (Å²) in [5.41, 5.74) is 2.32. The summed E-state index contributed by atoms with van der Waals surface area (Å²) in [6.45, 7) is 1.07. The standard InChI is InChI=1S/C19H17FN2O2/c20-16-8-4-3-7-15(16)19(24)21-11-17-14-6-2-1-5-13(14)9-10-22(17)18(23)12-21/h1-8,17H,9-12H2. The predicted molar refractivity (Wildman–Crippen MR) is 86.9 cm³/mol. The average Bonchev–Trinajstić information content (AvgIpc) is 2.61. The number of benzene rings is 2. The summed E-state index contributed by atoms with van der Waals surface area (Å²) in [6, 6.07) is 13.8. The third kappa shape index (κ3) is 2.37. The highest BCUT2D eigenvalue weighted by Crippen LogP contribution is 2.33. The molecule has 1 fully saturated rings. The maximum atomic E-state index is 13.9. The van der Waals surface area contributed by atoms with Gasteiger partial charge >= 0.3 is 0 Å². The molecule has 0 radical (unpaired) electrons. The van der Waals surface area contributed by atoms with Gasteiger partial charge < -0.3 is 9.80 Å². The Balaban J connectivity index is 1.66. The number of fused-ring (bicyclic) bond motifs is 3. The zero-order chi connectivity index (χ0) is 16.7. The van der Waals surface area contributed by atoms with Gasteiger partial charge in [0.15, 0.2) is 0 Å². The first-order valence-corrected chi connectivity index (χ1v) is 8.06. The monoisotopic (exact) mass is 324 g/mol. The van der Waals surface area contributed by atoms with Crippen LogP contribution in [0.2, 0.25) is 0 Å². The highest BCUT2D eigenvalue weighted by molar-refractivity contribution is 5.97. The molecule has 2 aliphatic heterocycles. The van der Waals surface area contributed by atoms with E-state index in [1.165, 1.54) is 22.6 Å². The Bertz CT molecular complexity index is 821. The van der Waals surface area contributed by atoms with Gasteiger partial charge in [0.1, 0.15) is 12.4 Å². The number of nitrogens with zero attached hydrogens (tertiary/aromatic N) is 2. The molecule has 0 bridgehead atoms. The summed E-state index contributed by atoms with van der Waals surface area (Å²) in [4.78, 5) is 28.5. The van der Waals surface area contributed by atoms with Gasteiger partial charge in [-0.05, 0) is 29.7 Å². The van der Waals surface area contributed by atoms with Gasteiger partial charge in [-0.15, -0.1) is 0 Å². The molecule has 1 saturated heterocycles. The maximum Gasteiger partial charge on any atom is 0.257 e. The lowest BCUT2D eigenvalue weighted by Crippen LogP contribution is -2.55. The van der Waals surface area contributed by atoms with Crippen LogP contribution >= 0.6 is 0 Å². The van der Waals surface area contributed by atoms with Crippen molar-refractivity contribution >= 4 is 11.8 Å². The molecule has 24 heavy (non-hydrogen) atoms. The minimum absolute atomic E-state index is 0.00579. The van der Waals surface area contributed by atoms with Crippen LogP contribution in [0.15, 0.2) is 48.5 Å². The molecule has 4 rings (SSSR count). The van der Waals surface area contributed by atoms with E-state index in [1.54, 1.807) is 12.1 Å². The van der Waals surface area contributed by atoms with Gasteiger partial charge in [-0.3, -0.25) is 9.59 Å². The van der Waals surface area contributed by atoms with Crippen LogP contribution in [0.3, 0.4) is 0 Å². The van der Waals surface area contributed by atoms with Crippen molar-refractivity contribution in [3.63, 3.8) is 0 Å². The molecular weight excluding hydrogens is 307 g/mol. The second kappa shape index (κ2) is 5.74. The lowest BCUT2D eigenvalue weighted by molar-refractivity contribution is -0.139. The fraction of sp³-hybridized carbons (Fsp3) is 0.263. The molecule has 2 aromatic carbocycles. The molecule has 0 saturated carbocycles. The molecule has 2 aliphatic rings. The third-order valence-corrected chi connectivity index (χ3v) is 4.84. The number of halogens is 1. The van der Waals surface area contributed by atoms with Crippen molar-refractivity contribution in [3.05, 3.63) is 71.0 Å². The molecule has 0 aromatic heterocycles. The number of rotatable bonds is 1. The first-order valence-electron chi connectivity index (χ1n) is 8.06. The first-order chi connectivity index (χ1) is 11.6. The number of carbonyl (C=O) groups excluding carboxylic acids is 2. The summed E-state index contributed by atoms with van der Waals surface area (Å²) in [5.74, 6) is -1.06. The molecule has 0 spiro atoms. The molecule has 2 amide bonds. The molecule has 0 aliphatic carbocycles. The quantitative estimate of drug-likeness (QED) is 0.808. The minimum Gasteiger partial charge on any atom is -0.332 e. The molecule has 4 nitrogen and oxygen atoms in total. The van der Waals surface area contributed by atoms with E-state index >= 15 is 0 Å². The van der Waals surface area contributed by atoms with Gasteiger partial charge in [-0.2, -0.15) is 0 Å². The van der Waals surface area contributed by atoms with E-state index in [-0.39, 0.29) is 24.1 Å². The summed E-state index contributed by atoms with van der Waals surface area (Å²) >= 11 is 0. The van der Waals surface area contributed by atoms with Gasteiger partial charge in [0, 0.05) is 13.1 Å². The number of hydrogen-bond donors (Lipinski definition) is 0. The van der Waals surface area contributed by atoms with Gasteiger partial charge in [-0.25, -0.2) is 4.39 Å². The topological polar surface area (TPSA) is 40.6 Å². The zero-order valence-electron chi connectivity index (χ0n) is 13.1. The Morgan fingerprint density at radius 3 is 2.67 bits per heavy atom. The van der Waals surface area contributed by atoms with Crippen molar-refractivity contribution in [3.8, 4) is 0 Å². The maximum absolute atomic E-state index is 13.9. The smallest absolute Gasteiger partial charge is 0.257 e. The van der Waals surface area contributed by atoms with E-state index in [0.717, 1.165) is 12.0 Å². The van der Waals surface area contributed by atoms with E-state index in [0.29, 0.717) is 13.1 Å². The molecule has 1 unspecified atom stereocenters. The largest absolute Gasteiger partial charge is 0.332 e. The fourth-order valence-electron chi connectivity index (χ4n) is 3.63. The van der Waals surface area contributed by atoms with Crippen LogP contribution in [0.1, 0.15) is 27.5 Å². The number of amides is 2. The van der Waals surface area contributed by atoms with E-state index in [2.05, 4.69) is 6.07 Å². The van der Waals surface area contributed by atoms with Crippen LogP contribution in [0, 0.1) is 5.82 Å². The van der Waals surface area contributed by atoms with Gasteiger partial charge in [0.2, 0.25) is 5.91 Å². The molecule has 2 aromatic rings.